The Bertz CT molecular complexity index is 448. The minimum absolute atomic E-state index is 0.346. The predicted octanol–water partition coefficient (Wildman–Crippen LogP) is 2.75. The van der Waals surface area contributed by atoms with E-state index in [9.17, 15) is 0 Å². The van der Waals surface area contributed by atoms with Crippen molar-refractivity contribution in [2.24, 2.45) is 0 Å². The van der Waals surface area contributed by atoms with Crippen LogP contribution in [0.2, 0.25) is 0 Å². The van der Waals surface area contributed by atoms with Gasteiger partial charge in [-0.25, -0.2) is 0 Å². The van der Waals surface area contributed by atoms with Crippen molar-refractivity contribution in [3.05, 3.63) is 54.1 Å². The van der Waals surface area contributed by atoms with Gasteiger partial charge in [0.2, 0.25) is 0 Å². The average Bonchev–Trinajstić information content (AvgIpc) is 2.84. The van der Waals surface area contributed by atoms with Gasteiger partial charge in [-0.05, 0) is 43.7 Å². The molecular formula is C14H19N3. The van der Waals surface area contributed by atoms with Gasteiger partial charge in [-0.15, -0.1) is 0 Å². The quantitative estimate of drug-likeness (QED) is 0.854. The molecule has 0 aliphatic heterocycles. The fraction of sp³-hybridized carbons (Fsp3) is 0.357. The zero-order valence-corrected chi connectivity index (χ0v) is 10.4. The second-order valence-corrected chi connectivity index (χ2v) is 4.17. The van der Waals surface area contributed by atoms with Gasteiger partial charge in [0.15, 0.2) is 0 Å². The van der Waals surface area contributed by atoms with Crippen LogP contribution in [-0.2, 0) is 13.1 Å². The minimum Gasteiger partial charge on any atom is -0.351 e. The van der Waals surface area contributed by atoms with Crippen LogP contribution in [0.15, 0.2) is 42.9 Å². The molecule has 2 aromatic rings. The lowest BCUT2D eigenvalue weighted by molar-refractivity contribution is 0.549. The predicted molar refractivity (Wildman–Crippen MR) is 69.6 cm³/mol. The Morgan fingerprint density at radius 1 is 1.29 bits per heavy atom. The first kappa shape index (κ1) is 11.9. The summed E-state index contributed by atoms with van der Waals surface area (Å²) in [7, 11) is 0. The van der Waals surface area contributed by atoms with Gasteiger partial charge in [0.25, 0.3) is 0 Å². The maximum absolute atomic E-state index is 4.03. The molecule has 0 saturated heterocycles. The van der Waals surface area contributed by atoms with E-state index in [1.165, 1.54) is 11.3 Å². The van der Waals surface area contributed by atoms with Crippen molar-refractivity contribution in [1.29, 1.82) is 0 Å². The highest BCUT2D eigenvalue weighted by Gasteiger charge is 2.05. The van der Waals surface area contributed by atoms with Crippen LogP contribution >= 0.6 is 0 Å². The van der Waals surface area contributed by atoms with Gasteiger partial charge in [0.1, 0.15) is 0 Å². The normalized spacial score (nSPS) is 12.6. The highest BCUT2D eigenvalue weighted by atomic mass is 15.0. The molecule has 0 saturated carbocycles. The molecule has 1 N–H and O–H groups in total. The van der Waals surface area contributed by atoms with E-state index in [4.69, 9.17) is 0 Å². The summed E-state index contributed by atoms with van der Waals surface area (Å²) in [5, 5.41) is 3.53. The molecule has 2 heterocycles. The van der Waals surface area contributed by atoms with Crippen LogP contribution < -0.4 is 5.32 Å². The summed E-state index contributed by atoms with van der Waals surface area (Å²) in [6.07, 6.45) is 5.79. The van der Waals surface area contributed by atoms with Crippen LogP contribution in [0.3, 0.4) is 0 Å². The van der Waals surface area contributed by atoms with Crippen molar-refractivity contribution in [3.63, 3.8) is 0 Å². The van der Waals surface area contributed by atoms with Crippen LogP contribution in [0.4, 0.5) is 0 Å². The van der Waals surface area contributed by atoms with Gasteiger partial charge in [0.05, 0.1) is 0 Å². The Morgan fingerprint density at radius 2 is 2.06 bits per heavy atom. The van der Waals surface area contributed by atoms with E-state index in [1.807, 2.05) is 12.4 Å². The van der Waals surface area contributed by atoms with E-state index in [1.54, 1.807) is 0 Å². The van der Waals surface area contributed by atoms with Crippen LogP contribution in [0.1, 0.15) is 31.1 Å². The van der Waals surface area contributed by atoms with Crippen LogP contribution in [0.5, 0.6) is 0 Å². The summed E-state index contributed by atoms with van der Waals surface area (Å²) < 4.78 is 2.26. The number of hydrogen-bond acceptors (Lipinski definition) is 2. The van der Waals surface area contributed by atoms with Crippen molar-refractivity contribution in [1.82, 2.24) is 14.9 Å². The lowest BCUT2D eigenvalue weighted by atomic mass is 10.1. The molecule has 17 heavy (non-hydrogen) atoms. The molecule has 2 aromatic heterocycles. The third-order valence-corrected chi connectivity index (χ3v) is 3.06. The summed E-state index contributed by atoms with van der Waals surface area (Å²) >= 11 is 0. The highest BCUT2D eigenvalue weighted by Crippen LogP contribution is 2.11. The van der Waals surface area contributed by atoms with Crippen LogP contribution in [0, 0.1) is 0 Å². The van der Waals surface area contributed by atoms with Gasteiger partial charge in [-0.1, -0.05) is 0 Å². The van der Waals surface area contributed by atoms with E-state index in [0.29, 0.717) is 6.04 Å². The third-order valence-electron chi connectivity index (χ3n) is 3.06. The largest absolute Gasteiger partial charge is 0.351 e. The third kappa shape index (κ3) is 2.94. The molecule has 0 aliphatic rings. The minimum atomic E-state index is 0.346. The second-order valence-electron chi connectivity index (χ2n) is 4.17. The topological polar surface area (TPSA) is 29.9 Å². The maximum Gasteiger partial charge on any atom is 0.0364 e. The fourth-order valence-corrected chi connectivity index (χ4v) is 1.95. The maximum atomic E-state index is 4.03. The second kappa shape index (κ2) is 5.64. The number of nitrogens with zero attached hydrogens (tertiary/aromatic N) is 2. The SMILES string of the molecule is CCn1cccc1CN[C@H](C)c1ccncc1. The first-order valence-corrected chi connectivity index (χ1v) is 6.08. The molecule has 2 rings (SSSR count). The van der Waals surface area contributed by atoms with E-state index >= 15 is 0 Å². The van der Waals surface area contributed by atoms with Gasteiger partial charge in [0, 0.05) is 43.4 Å². The number of hydrogen-bond donors (Lipinski definition) is 1. The molecule has 0 aliphatic carbocycles. The molecule has 3 nitrogen and oxygen atoms in total. The molecule has 0 aromatic carbocycles. The summed E-state index contributed by atoms with van der Waals surface area (Å²) in [4.78, 5) is 4.03. The van der Waals surface area contributed by atoms with Crippen molar-refractivity contribution in [3.8, 4) is 0 Å². The Hall–Kier alpha value is -1.61. The van der Waals surface area contributed by atoms with Crippen LogP contribution in [0.25, 0.3) is 0 Å². The van der Waals surface area contributed by atoms with Crippen LogP contribution in [-0.4, -0.2) is 9.55 Å². The van der Waals surface area contributed by atoms with E-state index < -0.39 is 0 Å². The molecule has 3 heteroatoms. The monoisotopic (exact) mass is 229 g/mol. The van der Waals surface area contributed by atoms with Crippen molar-refractivity contribution < 1.29 is 0 Å². The lowest BCUT2D eigenvalue weighted by Crippen LogP contribution is -2.19. The van der Waals surface area contributed by atoms with Gasteiger partial charge in [-0.3, -0.25) is 4.98 Å². The average molecular weight is 229 g/mol. The van der Waals surface area contributed by atoms with Gasteiger partial charge in [-0.2, -0.15) is 0 Å². The smallest absolute Gasteiger partial charge is 0.0364 e. The molecule has 90 valence electrons. The van der Waals surface area contributed by atoms with E-state index in [2.05, 4.69) is 59.2 Å². The van der Waals surface area contributed by atoms with Gasteiger partial charge >= 0.3 is 0 Å². The first-order valence-electron chi connectivity index (χ1n) is 6.08. The zero-order valence-electron chi connectivity index (χ0n) is 10.4. The summed E-state index contributed by atoms with van der Waals surface area (Å²) in [6, 6.07) is 8.71. The molecule has 0 spiro atoms. The summed E-state index contributed by atoms with van der Waals surface area (Å²) in [5.41, 5.74) is 2.60. The number of aromatic nitrogens is 2. The summed E-state index contributed by atoms with van der Waals surface area (Å²) in [6.45, 7) is 6.25. The molecule has 0 bridgehead atoms. The van der Waals surface area contributed by atoms with Crippen molar-refractivity contribution >= 4 is 0 Å². The van der Waals surface area contributed by atoms with Crippen molar-refractivity contribution in [2.45, 2.75) is 33.0 Å². The number of rotatable bonds is 5. The Labute approximate surface area is 103 Å². The molecule has 0 radical (unpaired) electrons. The van der Waals surface area contributed by atoms with Crippen molar-refractivity contribution in [2.75, 3.05) is 0 Å². The highest BCUT2D eigenvalue weighted by molar-refractivity contribution is 5.14. The molecule has 0 amide bonds. The number of aryl methyl sites for hydroxylation is 1. The first-order chi connectivity index (χ1) is 8.31. The fourth-order valence-electron chi connectivity index (χ4n) is 1.95. The van der Waals surface area contributed by atoms with E-state index in [0.717, 1.165) is 13.1 Å². The molecule has 0 unspecified atom stereocenters. The number of nitrogens with one attached hydrogen (secondary N) is 1. The molecule has 0 fully saturated rings. The zero-order chi connectivity index (χ0) is 12.1. The standard InChI is InChI=1S/C14H19N3/c1-3-17-10-4-5-14(17)11-16-12(2)13-6-8-15-9-7-13/h4-10,12,16H,3,11H2,1-2H3/t12-/m1/s1. The Morgan fingerprint density at radius 3 is 2.76 bits per heavy atom. The molecular weight excluding hydrogens is 210 g/mol. The Balaban J connectivity index is 1.95. The van der Waals surface area contributed by atoms with E-state index in [-0.39, 0.29) is 0 Å². The lowest BCUT2D eigenvalue weighted by Gasteiger charge is -2.15. The molecule has 1 atom stereocenters. The summed E-state index contributed by atoms with van der Waals surface area (Å²) in [5.74, 6) is 0. The Kier molecular flexibility index (Phi) is 3.94. The van der Waals surface area contributed by atoms with Gasteiger partial charge < -0.3 is 9.88 Å². The number of pyridine rings is 1.